The highest BCUT2D eigenvalue weighted by Gasteiger charge is 2.16. The highest BCUT2D eigenvalue weighted by Crippen LogP contribution is 2.24. The lowest BCUT2D eigenvalue weighted by Gasteiger charge is -2.19. The van der Waals surface area contributed by atoms with Crippen molar-refractivity contribution in [2.75, 3.05) is 0 Å². The largest absolute Gasteiger partial charge is 0.478 e. The Morgan fingerprint density at radius 1 is 1.33 bits per heavy atom. The van der Waals surface area contributed by atoms with Crippen LogP contribution in [-0.2, 0) is 13.0 Å². The molecule has 0 amide bonds. The summed E-state index contributed by atoms with van der Waals surface area (Å²) in [7, 11) is 0. The summed E-state index contributed by atoms with van der Waals surface area (Å²) < 4.78 is 2.19. The van der Waals surface area contributed by atoms with Crippen molar-refractivity contribution in [1.29, 1.82) is 0 Å². The molecule has 114 valence electrons. The number of aryl methyl sites for hydroxylation is 2. The van der Waals surface area contributed by atoms with E-state index in [1.165, 1.54) is 0 Å². The van der Waals surface area contributed by atoms with Gasteiger partial charge in [-0.1, -0.05) is 27.7 Å². The first kappa shape index (κ1) is 15.5. The summed E-state index contributed by atoms with van der Waals surface area (Å²) in [6.45, 7) is 9.66. The molecule has 0 saturated heterocycles. The van der Waals surface area contributed by atoms with Crippen molar-refractivity contribution in [3.05, 3.63) is 29.6 Å². The fourth-order valence-electron chi connectivity index (χ4n) is 2.42. The zero-order chi connectivity index (χ0) is 15.6. The minimum Gasteiger partial charge on any atom is -0.478 e. The van der Waals surface area contributed by atoms with E-state index < -0.39 is 5.97 Å². The second-order valence-corrected chi connectivity index (χ2v) is 6.75. The van der Waals surface area contributed by atoms with Gasteiger partial charge in [0.1, 0.15) is 5.82 Å². The summed E-state index contributed by atoms with van der Waals surface area (Å²) >= 11 is 0. The van der Waals surface area contributed by atoms with E-state index in [0.717, 1.165) is 42.7 Å². The van der Waals surface area contributed by atoms with Crippen LogP contribution in [0.15, 0.2) is 18.2 Å². The van der Waals surface area contributed by atoms with Gasteiger partial charge in [-0.25, -0.2) is 9.78 Å². The summed E-state index contributed by atoms with van der Waals surface area (Å²) in [5, 5.41) is 9.17. The van der Waals surface area contributed by atoms with Gasteiger partial charge in [-0.15, -0.1) is 0 Å². The van der Waals surface area contributed by atoms with Crippen LogP contribution in [0.2, 0.25) is 0 Å². The number of fused-ring (bicyclic) bond motifs is 1. The van der Waals surface area contributed by atoms with Gasteiger partial charge in [-0.3, -0.25) is 0 Å². The van der Waals surface area contributed by atoms with E-state index in [1.54, 1.807) is 12.1 Å². The molecule has 0 bridgehead atoms. The maximum Gasteiger partial charge on any atom is 0.335 e. The maximum atomic E-state index is 11.2. The van der Waals surface area contributed by atoms with Crippen molar-refractivity contribution in [1.82, 2.24) is 9.55 Å². The lowest BCUT2D eigenvalue weighted by molar-refractivity contribution is 0.0697. The lowest BCUT2D eigenvalue weighted by Crippen LogP contribution is -2.12. The number of aromatic nitrogens is 2. The molecule has 4 heteroatoms. The minimum absolute atomic E-state index is 0.241. The van der Waals surface area contributed by atoms with E-state index in [2.05, 4.69) is 37.2 Å². The molecule has 0 aliphatic rings. The third-order valence-corrected chi connectivity index (χ3v) is 3.63. The lowest BCUT2D eigenvalue weighted by atomic mass is 9.92. The van der Waals surface area contributed by atoms with Gasteiger partial charge in [0.05, 0.1) is 16.6 Å². The smallest absolute Gasteiger partial charge is 0.335 e. The molecule has 21 heavy (non-hydrogen) atoms. The van der Waals surface area contributed by atoms with Crippen LogP contribution in [0.1, 0.15) is 56.7 Å². The summed E-state index contributed by atoms with van der Waals surface area (Å²) in [4.78, 5) is 15.8. The molecule has 2 rings (SSSR count). The van der Waals surface area contributed by atoms with Gasteiger partial charge in [0.15, 0.2) is 0 Å². The molecule has 0 aliphatic heterocycles. The van der Waals surface area contributed by atoms with Gasteiger partial charge >= 0.3 is 5.97 Å². The number of rotatable bonds is 5. The molecule has 0 spiro atoms. The van der Waals surface area contributed by atoms with E-state index in [1.807, 2.05) is 6.07 Å². The Labute approximate surface area is 125 Å². The fraction of sp³-hybridized carbons (Fsp3) is 0.529. The molecule has 1 N–H and O–H groups in total. The standard InChI is InChI=1S/C17H24N2O2/c1-5-6-15-18-13-8-7-12(16(20)21)11-14(13)19(15)10-9-17(2,3)4/h7-8,11H,5-6,9-10H2,1-4H3,(H,20,21). The first-order chi connectivity index (χ1) is 9.81. The van der Waals surface area contributed by atoms with Crippen LogP contribution >= 0.6 is 0 Å². The number of carboxylic acid groups (broad SMARTS) is 1. The molecule has 0 fully saturated rings. The molecular formula is C17H24N2O2. The second-order valence-electron chi connectivity index (χ2n) is 6.75. The zero-order valence-electron chi connectivity index (χ0n) is 13.3. The summed E-state index contributed by atoms with van der Waals surface area (Å²) in [6.07, 6.45) is 2.98. The average Bonchev–Trinajstić information content (AvgIpc) is 2.72. The topological polar surface area (TPSA) is 55.1 Å². The summed E-state index contributed by atoms with van der Waals surface area (Å²) in [5.41, 5.74) is 2.38. The molecule has 0 saturated carbocycles. The van der Waals surface area contributed by atoms with Crippen molar-refractivity contribution < 1.29 is 9.90 Å². The third-order valence-electron chi connectivity index (χ3n) is 3.63. The molecule has 2 aromatic rings. The Kier molecular flexibility index (Phi) is 4.35. The number of benzene rings is 1. The number of carbonyl (C=O) groups is 1. The van der Waals surface area contributed by atoms with Gasteiger partial charge in [0.25, 0.3) is 0 Å². The Morgan fingerprint density at radius 3 is 2.62 bits per heavy atom. The molecular weight excluding hydrogens is 264 g/mol. The van der Waals surface area contributed by atoms with E-state index in [0.29, 0.717) is 5.56 Å². The summed E-state index contributed by atoms with van der Waals surface area (Å²) in [5.74, 6) is 0.164. The summed E-state index contributed by atoms with van der Waals surface area (Å²) in [6, 6.07) is 5.18. The van der Waals surface area contributed by atoms with Gasteiger partial charge in [-0.05, 0) is 36.5 Å². The number of hydrogen-bond donors (Lipinski definition) is 1. The van der Waals surface area contributed by atoms with E-state index >= 15 is 0 Å². The van der Waals surface area contributed by atoms with E-state index in [4.69, 9.17) is 0 Å². The molecule has 0 atom stereocenters. The predicted molar refractivity (Wildman–Crippen MR) is 84.8 cm³/mol. The first-order valence-corrected chi connectivity index (χ1v) is 7.54. The quantitative estimate of drug-likeness (QED) is 0.900. The molecule has 1 aromatic carbocycles. The fourth-order valence-corrected chi connectivity index (χ4v) is 2.42. The second kappa shape index (κ2) is 5.88. The Balaban J connectivity index is 2.48. The Bertz CT molecular complexity index is 651. The molecule has 0 radical (unpaired) electrons. The van der Waals surface area contributed by atoms with Crippen molar-refractivity contribution in [3.63, 3.8) is 0 Å². The molecule has 0 aliphatic carbocycles. The SMILES string of the molecule is CCCc1nc2ccc(C(=O)O)cc2n1CCC(C)(C)C. The van der Waals surface area contributed by atoms with Crippen molar-refractivity contribution in [2.24, 2.45) is 5.41 Å². The predicted octanol–water partition coefficient (Wildman–Crippen LogP) is 4.12. The number of hydrogen-bond acceptors (Lipinski definition) is 2. The van der Waals surface area contributed by atoms with Crippen LogP contribution in [0, 0.1) is 5.41 Å². The van der Waals surface area contributed by atoms with Crippen LogP contribution in [0.5, 0.6) is 0 Å². The van der Waals surface area contributed by atoms with Gasteiger partial charge in [0, 0.05) is 13.0 Å². The molecule has 4 nitrogen and oxygen atoms in total. The molecule has 0 unspecified atom stereocenters. The monoisotopic (exact) mass is 288 g/mol. The highest BCUT2D eigenvalue weighted by molar-refractivity contribution is 5.92. The van der Waals surface area contributed by atoms with Crippen LogP contribution in [-0.4, -0.2) is 20.6 Å². The number of carboxylic acids is 1. The Hall–Kier alpha value is -1.84. The van der Waals surface area contributed by atoms with E-state index in [-0.39, 0.29) is 5.41 Å². The molecule has 1 aromatic heterocycles. The van der Waals surface area contributed by atoms with Gasteiger partial charge in [-0.2, -0.15) is 0 Å². The average molecular weight is 288 g/mol. The Morgan fingerprint density at radius 2 is 2.05 bits per heavy atom. The number of aromatic carboxylic acids is 1. The number of nitrogens with zero attached hydrogens (tertiary/aromatic N) is 2. The van der Waals surface area contributed by atoms with Crippen molar-refractivity contribution in [2.45, 2.75) is 53.5 Å². The normalized spacial score (nSPS) is 12.0. The van der Waals surface area contributed by atoms with Crippen LogP contribution in [0.4, 0.5) is 0 Å². The van der Waals surface area contributed by atoms with E-state index in [9.17, 15) is 9.90 Å². The van der Waals surface area contributed by atoms with Gasteiger partial charge < -0.3 is 9.67 Å². The van der Waals surface area contributed by atoms with Crippen molar-refractivity contribution in [3.8, 4) is 0 Å². The van der Waals surface area contributed by atoms with Crippen molar-refractivity contribution >= 4 is 17.0 Å². The van der Waals surface area contributed by atoms with Crippen LogP contribution in [0.3, 0.4) is 0 Å². The molecule has 1 heterocycles. The van der Waals surface area contributed by atoms with Gasteiger partial charge in [0.2, 0.25) is 0 Å². The maximum absolute atomic E-state index is 11.2. The minimum atomic E-state index is -0.891. The third kappa shape index (κ3) is 3.63. The van der Waals surface area contributed by atoms with Crippen LogP contribution in [0.25, 0.3) is 11.0 Å². The number of imidazole rings is 1. The van der Waals surface area contributed by atoms with Crippen LogP contribution < -0.4 is 0 Å². The highest BCUT2D eigenvalue weighted by atomic mass is 16.4. The zero-order valence-corrected chi connectivity index (χ0v) is 13.3. The first-order valence-electron chi connectivity index (χ1n) is 7.54.